The molecule has 1 aliphatic heterocycles. The quantitative estimate of drug-likeness (QED) is 0.665. The summed E-state index contributed by atoms with van der Waals surface area (Å²) in [7, 11) is 0. The van der Waals surface area contributed by atoms with Crippen molar-refractivity contribution in [1.82, 2.24) is 5.32 Å². The molecule has 0 saturated carbocycles. The van der Waals surface area contributed by atoms with Gasteiger partial charge in [0.15, 0.2) is 5.78 Å². The molecule has 0 bridgehead atoms. The highest BCUT2D eigenvalue weighted by Crippen LogP contribution is 2.36. The number of nitrogens with one attached hydrogen (secondary N) is 1. The van der Waals surface area contributed by atoms with Gasteiger partial charge in [-0.1, -0.05) is 6.07 Å². The first kappa shape index (κ1) is 11.0. The predicted molar refractivity (Wildman–Crippen MR) is 59.8 cm³/mol. The average Bonchev–Trinajstić information content (AvgIpc) is 2.70. The number of aromatic hydroxyl groups is 2. The van der Waals surface area contributed by atoms with Crippen LogP contribution in [-0.4, -0.2) is 22.5 Å². The summed E-state index contributed by atoms with van der Waals surface area (Å²) < 4.78 is 0. The molecule has 0 aliphatic carbocycles. The van der Waals surface area contributed by atoms with E-state index in [1.54, 1.807) is 6.07 Å². The fourth-order valence-corrected chi connectivity index (χ4v) is 2.17. The second kappa shape index (κ2) is 4.14. The molecule has 16 heavy (non-hydrogen) atoms. The van der Waals surface area contributed by atoms with Crippen molar-refractivity contribution in [3.63, 3.8) is 0 Å². The molecule has 1 heterocycles. The highest BCUT2D eigenvalue weighted by atomic mass is 16.3. The number of phenolic OH excluding ortho intramolecular Hbond substituents is 2. The first-order chi connectivity index (χ1) is 7.61. The summed E-state index contributed by atoms with van der Waals surface area (Å²) in [5, 5.41) is 22.8. The third-order valence-electron chi connectivity index (χ3n) is 2.97. The van der Waals surface area contributed by atoms with Crippen LogP contribution in [0.2, 0.25) is 0 Å². The van der Waals surface area contributed by atoms with Gasteiger partial charge in [-0.05, 0) is 32.4 Å². The Morgan fingerprint density at radius 3 is 2.75 bits per heavy atom. The largest absolute Gasteiger partial charge is 0.507 e. The molecule has 1 saturated heterocycles. The molecule has 1 fully saturated rings. The van der Waals surface area contributed by atoms with Crippen LogP contribution in [-0.2, 0) is 0 Å². The third-order valence-corrected chi connectivity index (χ3v) is 2.97. The molecule has 1 aliphatic rings. The van der Waals surface area contributed by atoms with E-state index in [-0.39, 0.29) is 28.9 Å². The van der Waals surface area contributed by atoms with E-state index in [0.29, 0.717) is 5.56 Å². The molecular formula is C12H15NO3. The van der Waals surface area contributed by atoms with Crippen LogP contribution >= 0.6 is 0 Å². The van der Waals surface area contributed by atoms with Crippen molar-refractivity contribution >= 4 is 5.78 Å². The molecule has 3 N–H and O–H groups in total. The summed E-state index contributed by atoms with van der Waals surface area (Å²) in [5.74, 6) is -0.575. The van der Waals surface area contributed by atoms with E-state index < -0.39 is 0 Å². The summed E-state index contributed by atoms with van der Waals surface area (Å²) in [5.41, 5.74) is 0.715. The zero-order chi connectivity index (χ0) is 11.7. The van der Waals surface area contributed by atoms with Gasteiger partial charge in [0.05, 0.1) is 0 Å². The first-order valence-electron chi connectivity index (χ1n) is 5.40. The smallest absolute Gasteiger partial charge is 0.167 e. The Morgan fingerprint density at radius 1 is 1.44 bits per heavy atom. The maximum absolute atomic E-state index is 11.3. The normalized spacial score (nSPS) is 19.9. The minimum atomic E-state index is -0.324. The number of phenols is 2. The minimum absolute atomic E-state index is 0.0196. The second-order valence-corrected chi connectivity index (χ2v) is 4.10. The maximum Gasteiger partial charge on any atom is 0.167 e. The summed E-state index contributed by atoms with van der Waals surface area (Å²) in [4.78, 5) is 11.3. The summed E-state index contributed by atoms with van der Waals surface area (Å²) >= 11 is 0. The van der Waals surface area contributed by atoms with Gasteiger partial charge in [-0.2, -0.15) is 0 Å². The van der Waals surface area contributed by atoms with Crippen molar-refractivity contribution in [2.45, 2.75) is 25.8 Å². The van der Waals surface area contributed by atoms with E-state index in [4.69, 9.17) is 0 Å². The van der Waals surface area contributed by atoms with Crippen LogP contribution in [0.25, 0.3) is 0 Å². The lowest BCUT2D eigenvalue weighted by Gasteiger charge is -2.15. The fraction of sp³-hybridized carbons (Fsp3) is 0.417. The van der Waals surface area contributed by atoms with Crippen LogP contribution < -0.4 is 5.32 Å². The molecule has 86 valence electrons. The number of ketones is 1. The molecular weight excluding hydrogens is 206 g/mol. The molecule has 2 rings (SSSR count). The first-order valence-corrected chi connectivity index (χ1v) is 5.40. The number of carbonyl (C=O) groups is 1. The number of hydrogen-bond acceptors (Lipinski definition) is 4. The van der Waals surface area contributed by atoms with Crippen LogP contribution in [0.1, 0.15) is 41.7 Å². The summed E-state index contributed by atoms with van der Waals surface area (Å²) in [6, 6.07) is 3.21. The maximum atomic E-state index is 11.3. The Kier molecular flexibility index (Phi) is 2.83. The molecule has 0 amide bonds. The van der Waals surface area contributed by atoms with Gasteiger partial charge in [0, 0.05) is 11.6 Å². The number of Topliss-reactive ketones (excluding diaryl/α,β-unsaturated/α-hetero) is 1. The predicted octanol–water partition coefficient (Wildman–Crippen LogP) is 1.72. The standard InChI is InChI=1S/C12H15NO3/c1-7(14)11-10(15)5-4-8(12(11)16)9-3-2-6-13-9/h4-5,9,13,15-16H,2-3,6H2,1H3. The van der Waals surface area contributed by atoms with Gasteiger partial charge < -0.3 is 15.5 Å². The van der Waals surface area contributed by atoms with Crippen molar-refractivity contribution in [3.8, 4) is 11.5 Å². The Hall–Kier alpha value is -1.55. The van der Waals surface area contributed by atoms with Crippen molar-refractivity contribution in [2.75, 3.05) is 6.54 Å². The van der Waals surface area contributed by atoms with Crippen molar-refractivity contribution < 1.29 is 15.0 Å². The zero-order valence-electron chi connectivity index (χ0n) is 9.16. The number of benzene rings is 1. The molecule has 1 aromatic carbocycles. The van der Waals surface area contributed by atoms with Gasteiger partial charge in [-0.25, -0.2) is 0 Å². The number of hydrogen-bond donors (Lipinski definition) is 3. The molecule has 0 spiro atoms. The number of carbonyl (C=O) groups excluding carboxylic acids is 1. The van der Waals surface area contributed by atoms with Crippen molar-refractivity contribution in [1.29, 1.82) is 0 Å². The van der Waals surface area contributed by atoms with E-state index in [0.717, 1.165) is 19.4 Å². The molecule has 0 aromatic heterocycles. The lowest BCUT2D eigenvalue weighted by Crippen LogP contribution is -2.13. The molecule has 4 heteroatoms. The summed E-state index contributed by atoms with van der Waals surface area (Å²) in [6.07, 6.45) is 2.00. The van der Waals surface area contributed by atoms with Gasteiger partial charge in [0.2, 0.25) is 0 Å². The molecule has 1 aromatic rings. The van der Waals surface area contributed by atoms with Crippen molar-refractivity contribution in [2.24, 2.45) is 0 Å². The van der Waals surface area contributed by atoms with E-state index >= 15 is 0 Å². The van der Waals surface area contributed by atoms with Gasteiger partial charge in [-0.3, -0.25) is 4.79 Å². The van der Waals surface area contributed by atoms with Crippen LogP contribution in [0.3, 0.4) is 0 Å². The van der Waals surface area contributed by atoms with E-state index in [2.05, 4.69) is 5.32 Å². The Balaban J connectivity index is 2.47. The molecule has 4 nitrogen and oxygen atoms in total. The molecule has 0 radical (unpaired) electrons. The third kappa shape index (κ3) is 1.76. The topological polar surface area (TPSA) is 69.6 Å². The van der Waals surface area contributed by atoms with Gasteiger partial charge in [0.1, 0.15) is 17.1 Å². The van der Waals surface area contributed by atoms with Gasteiger partial charge >= 0.3 is 0 Å². The Morgan fingerprint density at radius 2 is 2.19 bits per heavy atom. The monoisotopic (exact) mass is 221 g/mol. The fourth-order valence-electron chi connectivity index (χ4n) is 2.17. The average molecular weight is 221 g/mol. The van der Waals surface area contributed by atoms with E-state index in [9.17, 15) is 15.0 Å². The van der Waals surface area contributed by atoms with E-state index in [1.165, 1.54) is 13.0 Å². The highest BCUT2D eigenvalue weighted by molar-refractivity contribution is 5.99. The second-order valence-electron chi connectivity index (χ2n) is 4.10. The molecule has 1 unspecified atom stereocenters. The van der Waals surface area contributed by atoms with Crippen LogP contribution in [0.5, 0.6) is 11.5 Å². The van der Waals surface area contributed by atoms with Crippen LogP contribution in [0.4, 0.5) is 0 Å². The number of rotatable bonds is 2. The SMILES string of the molecule is CC(=O)c1c(O)ccc(C2CCCN2)c1O. The highest BCUT2D eigenvalue weighted by Gasteiger charge is 2.23. The van der Waals surface area contributed by atoms with Gasteiger partial charge in [-0.15, -0.1) is 0 Å². The van der Waals surface area contributed by atoms with Crippen molar-refractivity contribution in [3.05, 3.63) is 23.3 Å². The summed E-state index contributed by atoms with van der Waals surface area (Å²) in [6.45, 7) is 2.25. The van der Waals surface area contributed by atoms with Crippen LogP contribution in [0.15, 0.2) is 12.1 Å². The Labute approximate surface area is 93.9 Å². The Bertz CT molecular complexity index is 423. The van der Waals surface area contributed by atoms with Crippen LogP contribution in [0, 0.1) is 0 Å². The zero-order valence-corrected chi connectivity index (χ0v) is 9.16. The lowest BCUT2D eigenvalue weighted by atomic mass is 9.98. The molecule has 1 atom stereocenters. The van der Waals surface area contributed by atoms with E-state index in [1.807, 2.05) is 0 Å². The minimum Gasteiger partial charge on any atom is -0.507 e. The lowest BCUT2D eigenvalue weighted by molar-refractivity contribution is 0.101. The van der Waals surface area contributed by atoms with Gasteiger partial charge in [0.25, 0.3) is 0 Å².